The van der Waals surface area contributed by atoms with Gasteiger partial charge in [0.05, 0.1) is 18.4 Å². The summed E-state index contributed by atoms with van der Waals surface area (Å²) in [6.45, 7) is 2.12. The molecule has 0 aliphatic carbocycles. The molecule has 1 fully saturated rings. The molecule has 2 atom stereocenters. The lowest BCUT2D eigenvalue weighted by molar-refractivity contribution is 0.0429. The summed E-state index contributed by atoms with van der Waals surface area (Å²) in [5.74, 6) is 0. The lowest BCUT2D eigenvalue weighted by Gasteiger charge is -2.18. The topological polar surface area (TPSA) is 54.0 Å². The summed E-state index contributed by atoms with van der Waals surface area (Å²) in [6, 6.07) is 0. The highest BCUT2D eigenvalue weighted by atomic mass is 31.2. The van der Waals surface area contributed by atoms with E-state index in [0.29, 0.717) is 0 Å². The maximum absolute atomic E-state index is 11.7. The normalized spacial score (nSPS) is 29.5. The summed E-state index contributed by atoms with van der Waals surface area (Å²) in [5, 5.41) is 0. The van der Waals surface area contributed by atoms with E-state index >= 15 is 0 Å². The van der Waals surface area contributed by atoms with Crippen LogP contribution in [-0.2, 0) is 23.1 Å². The van der Waals surface area contributed by atoms with E-state index < -0.39 is 7.60 Å². The van der Waals surface area contributed by atoms with Crippen molar-refractivity contribution in [2.45, 2.75) is 19.1 Å². The lowest BCUT2D eigenvalue weighted by Crippen LogP contribution is -2.24. The summed E-state index contributed by atoms with van der Waals surface area (Å²) < 4.78 is 31.6. The molecule has 1 aliphatic heterocycles. The van der Waals surface area contributed by atoms with Gasteiger partial charge in [-0.2, -0.15) is 0 Å². The predicted octanol–water partition coefficient (Wildman–Crippen LogP) is 1.23. The van der Waals surface area contributed by atoms with Gasteiger partial charge in [-0.05, 0) is 6.92 Å². The number of hydrogen-bond acceptors (Lipinski definition) is 5. The molecule has 0 spiro atoms. The summed E-state index contributed by atoms with van der Waals surface area (Å²) in [6.07, 6.45) is -0.0226. The molecule has 1 saturated heterocycles. The molecule has 2 unspecified atom stereocenters. The second-order valence-corrected chi connectivity index (χ2v) is 5.17. The molecule has 0 aromatic rings. The first-order valence-electron chi connectivity index (χ1n) is 4.05. The van der Waals surface area contributed by atoms with Crippen molar-refractivity contribution < 1.29 is 23.1 Å². The van der Waals surface area contributed by atoms with Gasteiger partial charge in [-0.15, -0.1) is 0 Å². The average molecular weight is 210 g/mol. The summed E-state index contributed by atoms with van der Waals surface area (Å²) >= 11 is 0. The molecule has 0 N–H and O–H groups in total. The van der Waals surface area contributed by atoms with Crippen LogP contribution in [0.25, 0.3) is 0 Å². The van der Waals surface area contributed by atoms with Crippen LogP contribution in [0.5, 0.6) is 0 Å². The van der Waals surface area contributed by atoms with Gasteiger partial charge in [-0.1, -0.05) is 0 Å². The van der Waals surface area contributed by atoms with Crippen LogP contribution in [0.4, 0.5) is 0 Å². The minimum Gasteiger partial charge on any atom is -0.350 e. The Labute approximate surface area is 77.8 Å². The predicted molar refractivity (Wildman–Crippen MR) is 46.8 cm³/mol. The quantitative estimate of drug-likeness (QED) is 0.653. The van der Waals surface area contributed by atoms with Gasteiger partial charge in [0, 0.05) is 14.2 Å². The molecule has 78 valence electrons. The molecule has 13 heavy (non-hydrogen) atoms. The third kappa shape index (κ3) is 2.76. The maximum Gasteiger partial charge on any atom is 0.332 e. The fourth-order valence-electron chi connectivity index (χ4n) is 1.12. The summed E-state index contributed by atoms with van der Waals surface area (Å²) in [7, 11) is -0.241. The lowest BCUT2D eigenvalue weighted by atomic mass is 10.3. The van der Waals surface area contributed by atoms with Crippen LogP contribution in [-0.4, -0.2) is 39.4 Å². The SMILES string of the molecule is COP(=O)(CC1OCOC1C)OC. The van der Waals surface area contributed by atoms with Gasteiger partial charge in [0.1, 0.15) is 6.79 Å². The number of hydrogen-bond donors (Lipinski definition) is 0. The largest absolute Gasteiger partial charge is 0.350 e. The zero-order chi connectivity index (χ0) is 9.90. The molecule has 5 nitrogen and oxygen atoms in total. The summed E-state index contributed by atoms with van der Waals surface area (Å²) in [4.78, 5) is 0. The van der Waals surface area contributed by atoms with Crippen molar-refractivity contribution in [3.63, 3.8) is 0 Å². The minimum atomic E-state index is -2.97. The summed E-state index contributed by atoms with van der Waals surface area (Å²) in [5.41, 5.74) is 0. The van der Waals surface area contributed by atoms with E-state index in [1.54, 1.807) is 0 Å². The Balaban J connectivity index is 2.51. The fraction of sp³-hybridized carbons (Fsp3) is 1.00. The van der Waals surface area contributed by atoms with E-state index in [1.165, 1.54) is 14.2 Å². The van der Waals surface area contributed by atoms with Gasteiger partial charge in [0.25, 0.3) is 0 Å². The van der Waals surface area contributed by atoms with E-state index in [1.807, 2.05) is 6.92 Å². The molecule has 0 bridgehead atoms. The Morgan fingerprint density at radius 3 is 2.38 bits per heavy atom. The molecule has 0 aromatic carbocycles. The minimum absolute atomic E-state index is 0.0568. The van der Waals surface area contributed by atoms with Crippen LogP contribution >= 0.6 is 7.60 Å². The molecular formula is C7H15O5P. The Bertz CT molecular complexity index is 199. The fourth-order valence-corrected chi connectivity index (χ4v) is 2.41. The molecule has 0 amide bonds. The van der Waals surface area contributed by atoms with E-state index in [0.717, 1.165) is 0 Å². The number of rotatable bonds is 4. The van der Waals surface area contributed by atoms with Crippen molar-refractivity contribution in [1.29, 1.82) is 0 Å². The van der Waals surface area contributed by atoms with Crippen LogP contribution in [0.1, 0.15) is 6.92 Å². The van der Waals surface area contributed by atoms with Crippen LogP contribution in [0, 0.1) is 0 Å². The molecule has 0 saturated carbocycles. The number of ether oxygens (including phenoxy) is 2. The molecule has 0 radical (unpaired) electrons. The zero-order valence-electron chi connectivity index (χ0n) is 8.06. The molecule has 0 aromatic heterocycles. The average Bonchev–Trinajstić information content (AvgIpc) is 2.52. The van der Waals surface area contributed by atoms with Gasteiger partial charge in [-0.25, -0.2) is 0 Å². The van der Waals surface area contributed by atoms with Crippen molar-refractivity contribution in [2.24, 2.45) is 0 Å². The first-order chi connectivity index (χ1) is 6.11. The third-order valence-electron chi connectivity index (χ3n) is 2.10. The van der Waals surface area contributed by atoms with E-state index in [2.05, 4.69) is 0 Å². The van der Waals surface area contributed by atoms with Crippen molar-refractivity contribution in [3.8, 4) is 0 Å². The van der Waals surface area contributed by atoms with Gasteiger partial charge in [0.2, 0.25) is 0 Å². The molecule has 1 heterocycles. The second kappa shape index (κ2) is 4.53. The molecular weight excluding hydrogens is 195 g/mol. The molecule has 1 rings (SSSR count). The van der Waals surface area contributed by atoms with Crippen LogP contribution < -0.4 is 0 Å². The Morgan fingerprint density at radius 1 is 1.38 bits per heavy atom. The molecule has 6 heteroatoms. The maximum atomic E-state index is 11.7. The van der Waals surface area contributed by atoms with Crippen LogP contribution in [0.2, 0.25) is 0 Å². The Morgan fingerprint density at radius 2 is 2.00 bits per heavy atom. The standard InChI is InChI=1S/C7H15O5P/c1-6-7(12-5-11-6)4-13(8,9-2)10-3/h6-7H,4-5H2,1-3H3. The van der Waals surface area contributed by atoms with E-state index in [9.17, 15) is 4.57 Å². The highest BCUT2D eigenvalue weighted by molar-refractivity contribution is 7.53. The van der Waals surface area contributed by atoms with E-state index in [-0.39, 0.29) is 25.2 Å². The van der Waals surface area contributed by atoms with Crippen molar-refractivity contribution in [3.05, 3.63) is 0 Å². The Kier molecular flexibility index (Phi) is 3.88. The highest BCUT2D eigenvalue weighted by Crippen LogP contribution is 2.48. The van der Waals surface area contributed by atoms with Gasteiger partial charge < -0.3 is 18.5 Å². The Hall–Kier alpha value is 0.0700. The zero-order valence-corrected chi connectivity index (χ0v) is 8.95. The van der Waals surface area contributed by atoms with Gasteiger partial charge >= 0.3 is 7.60 Å². The van der Waals surface area contributed by atoms with Crippen molar-refractivity contribution in [1.82, 2.24) is 0 Å². The van der Waals surface area contributed by atoms with Crippen LogP contribution in [0.3, 0.4) is 0 Å². The van der Waals surface area contributed by atoms with Gasteiger partial charge in [0.15, 0.2) is 0 Å². The van der Waals surface area contributed by atoms with Crippen molar-refractivity contribution >= 4 is 7.60 Å². The first-order valence-corrected chi connectivity index (χ1v) is 5.78. The van der Waals surface area contributed by atoms with E-state index in [4.69, 9.17) is 18.5 Å². The van der Waals surface area contributed by atoms with Crippen molar-refractivity contribution in [2.75, 3.05) is 27.2 Å². The first kappa shape index (κ1) is 11.1. The third-order valence-corrected chi connectivity index (χ3v) is 4.02. The highest BCUT2D eigenvalue weighted by Gasteiger charge is 2.34. The monoisotopic (exact) mass is 210 g/mol. The second-order valence-electron chi connectivity index (χ2n) is 2.85. The van der Waals surface area contributed by atoms with Gasteiger partial charge in [-0.3, -0.25) is 4.57 Å². The molecule has 1 aliphatic rings. The van der Waals surface area contributed by atoms with Crippen LogP contribution in [0.15, 0.2) is 0 Å². The smallest absolute Gasteiger partial charge is 0.332 e.